The number of para-hydroxylation sites is 1. The second kappa shape index (κ2) is 6.03. The van der Waals surface area contributed by atoms with Crippen LogP contribution < -0.4 is 10.6 Å². The lowest BCUT2D eigenvalue weighted by Crippen LogP contribution is -2.36. The van der Waals surface area contributed by atoms with E-state index in [0.717, 1.165) is 29.4 Å². The highest BCUT2D eigenvalue weighted by molar-refractivity contribution is 8.02. The normalized spacial score (nSPS) is 15.0. The number of anilines is 2. The predicted molar refractivity (Wildman–Crippen MR) is 86.8 cm³/mol. The second-order valence-corrected chi connectivity index (χ2v) is 7.25. The van der Waals surface area contributed by atoms with E-state index in [9.17, 15) is 4.79 Å². The molecule has 0 saturated carbocycles. The van der Waals surface area contributed by atoms with Crippen LogP contribution in [0.1, 0.15) is 18.9 Å². The highest BCUT2D eigenvalue weighted by Gasteiger charge is 2.30. The molecule has 2 aromatic rings. The third-order valence-corrected chi connectivity index (χ3v) is 5.65. The summed E-state index contributed by atoms with van der Waals surface area (Å²) in [5.74, 6) is 0.140. The third-order valence-electron chi connectivity index (χ3n) is 3.46. The number of fused-ring (bicyclic) bond motifs is 1. The molecule has 7 heteroatoms. The summed E-state index contributed by atoms with van der Waals surface area (Å²) in [6, 6.07) is 8.09. The van der Waals surface area contributed by atoms with E-state index in [-0.39, 0.29) is 11.2 Å². The van der Waals surface area contributed by atoms with Gasteiger partial charge in [0.15, 0.2) is 4.34 Å². The lowest BCUT2D eigenvalue weighted by Gasteiger charge is -2.22. The highest BCUT2D eigenvalue weighted by Crippen LogP contribution is 2.34. The van der Waals surface area contributed by atoms with E-state index in [1.165, 1.54) is 28.7 Å². The first kappa shape index (κ1) is 14.3. The van der Waals surface area contributed by atoms with Crippen molar-refractivity contribution in [3.8, 4) is 0 Å². The van der Waals surface area contributed by atoms with Gasteiger partial charge in [0, 0.05) is 12.2 Å². The molecule has 110 valence electrons. The fourth-order valence-electron chi connectivity index (χ4n) is 2.44. The van der Waals surface area contributed by atoms with Gasteiger partial charge in [0.25, 0.3) is 0 Å². The molecule has 21 heavy (non-hydrogen) atoms. The number of hydrogen-bond acceptors (Lipinski definition) is 6. The molecule has 5 nitrogen and oxygen atoms in total. The number of carbonyl (C=O) groups excluding carboxylic acids is 1. The number of benzene rings is 1. The summed E-state index contributed by atoms with van der Waals surface area (Å²) in [6.45, 7) is 2.77. The Balaban J connectivity index is 1.77. The molecule has 3 rings (SSSR count). The van der Waals surface area contributed by atoms with Gasteiger partial charge in [-0.05, 0) is 24.5 Å². The summed E-state index contributed by atoms with van der Waals surface area (Å²) in [7, 11) is 0. The average molecular weight is 320 g/mol. The number of aromatic nitrogens is 2. The molecule has 1 aromatic heterocycles. The quantitative estimate of drug-likeness (QED) is 0.877. The zero-order valence-corrected chi connectivity index (χ0v) is 13.3. The highest BCUT2D eigenvalue weighted by atomic mass is 32.2. The van der Waals surface area contributed by atoms with Crippen molar-refractivity contribution < 1.29 is 4.79 Å². The van der Waals surface area contributed by atoms with Crippen LogP contribution in [0.2, 0.25) is 0 Å². The number of nitrogens with zero attached hydrogens (tertiary/aromatic N) is 3. The largest absolute Gasteiger partial charge is 0.374 e. The summed E-state index contributed by atoms with van der Waals surface area (Å²) in [6.07, 6.45) is 1.68. The summed E-state index contributed by atoms with van der Waals surface area (Å²) >= 11 is 2.78. The maximum absolute atomic E-state index is 12.8. The number of rotatable bonds is 4. The number of carbonyl (C=O) groups is 1. The van der Waals surface area contributed by atoms with Gasteiger partial charge in [-0.1, -0.05) is 48.2 Å². The number of nitrogens with two attached hydrogens (primary N) is 1. The van der Waals surface area contributed by atoms with Crippen molar-refractivity contribution in [1.29, 1.82) is 0 Å². The molecule has 2 heterocycles. The molecule has 1 aliphatic rings. The molecule has 0 bridgehead atoms. The van der Waals surface area contributed by atoms with Crippen molar-refractivity contribution in [2.75, 3.05) is 17.2 Å². The van der Waals surface area contributed by atoms with E-state index in [4.69, 9.17) is 5.73 Å². The zero-order chi connectivity index (χ0) is 14.8. The lowest BCUT2D eigenvalue weighted by molar-refractivity contribution is -0.118. The SMILES string of the molecule is CCC(Sc1nnc(N)s1)C(=O)N1CCc2ccccc21. The minimum absolute atomic E-state index is 0.140. The fraction of sp³-hybridized carbons (Fsp3) is 0.357. The van der Waals surface area contributed by atoms with Gasteiger partial charge in [0.1, 0.15) is 0 Å². The topological polar surface area (TPSA) is 72.1 Å². The van der Waals surface area contributed by atoms with Crippen LogP contribution in [0.4, 0.5) is 10.8 Å². The predicted octanol–water partition coefficient (Wildman–Crippen LogP) is 2.58. The molecule has 0 aliphatic carbocycles. The van der Waals surface area contributed by atoms with Gasteiger partial charge in [-0.3, -0.25) is 4.79 Å². The standard InChI is InChI=1S/C14H16N4OS2/c1-2-11(20-14-17-16-13(15)21-14)12(19)18-8-7-9-5-3-4-6-10(9)18/h3-6,11H,2,7-8H2,1H3,(H2,15,16). The van der Waals surface area contributed by atoms with Gasteiger partial charge in [0.2, 0.25) is 11.0 Å². The Morgan fingerprint density at radius 1 is 1.48 bits per heavy atom. The smallest absolute Gasteiger partial charge is 0.240 e. The van der Waals surface area contributed by atoms with Crippen molar-refractivity contribution in [2.24, 2.45) is 0 Å². The molecule has 0 saturated heterocycles. The van der Waals surface area contributed by atoms with E-state index >= 15 is 0 Å². The van der Waals surface area contributed by atoms with E-state index in [1.807, 2.05) is 30.0 Å². The minimum atomic E-state index is -0.150. The van der Waals surface area contributed by atoms with Crippen LogP contribution in [0.15, 0.2) is 28.6 Å². The molecule has 2 N–H and O–H groups in total. The molecule has 1 amide bonds. The fourth-order valence-corrected chi connectivity index (χ4v) is 4.30. The van der Waals surface area contributed by atoms with Gasteiger partial charge in [-0.15, -0.1) is 10.2 Å². The van der Waals surface area contributed by atoms with Gasteiger partial charge < -0.3 is 10.6 Å². The van der Waals surface area contributed by atoms with E-state index in [1.54, 1.807) is 0 Å². The molecule has 1 atom stereocenters. The second-order valence-electron chi connectivity index (χ2n) is 4.79. The van der Waals surface area contributed by atoms with Crippen LogP contribution in [0.3, 0.4) is 0 Å². The molecule has 1 unspecified atom stereocenters. The molecule has 0 fully saturated rings. The number of thioether (sulfide) groups is 1. The Kier molecular flexibility index (Phi) is 4.12. The molecule has 1 aromatic carbocycles. The van der Waals surface area contributed by atoms with Crippen LogP contribution in [0.25, 0.3) is 0 Å². The van der Waals surface area contributed by atoms with Gasteiger partial charge in [-0.2, -0.15) is 0 Å². The van der Waals surface area contributed by atoms with Crippen molar-refractivity contribution in [3.05, 3.63) is 29.8 Å². The number of hydrogen-bond donors (Lipinski definition) is 1. The first-order valence-corrected chi connectivity index (χ1v) is 8.53. The Hall–Kier alpha value is -1.60. The Bertz CT molecular complexity index is 658. The van der Waals surface area contributed by atoms with Crippen molar-refractivity contribution >= 4 is 39.8 Å². The third kappa shape index (κ3) is 2.89. The maximum Gasteiger partial charge on any atom is 0.240 e. The summed E-state index contributed by atoms with van der Waals surface area (Å²) in [4.78, 5) is 14.7. The zero-order valence-electron chi connectivity index (χ0n) is 11.7. The van der Waals surface area contributed by atoms with Crippen molar-refractivity contribution in [1.82, 2.24) is 10.2 Å². The number of amides is 1. The Morgan fingerprint density at radius 2 is 2.29 bits per heavy atom. The van der Waals surface area contributed by atoms with Crippen molar-refractivity contribution in [2.45, 2.75) is 29.4 Å². The lowest BCUT2D eigenvalue weighted by atomic mass is 10.2. The van der Waals surface area contributed by atoms with E-state index < -0.39 is 0 Å². The molecular formula is C14H16N4OS2. The first-order chi connectivity index (χ1) is 10.2. The first-order valence-electron chi connectivity index (χ1n) is 6.84. The van der Waals surface area contributed by atoms with Crippen LogP contribution >= 0.6 is 23.1 Å². The van der Waals surface area contributed by atoms with E-state index in [0.29, 0.717) is 5.13 Å². The average Bonchev–Trinajstić information content (AvgIpc) is 3.10. The molecule has 0 spiro atoms. The van der Waals surface area contributed by atoms with Gasteiger partial charge >= 0.3 is 0 Å². The number of nitrogen functional groups attached to an aromatic ring is 1. The van der Waals surface area contributed by atoms with Gasteiger partial charge in [0.05, 0.1) is 5.25 Å². The Morgan fingerprint density at radius 3 is 3.00 bits per heavy atom. The molecule has 0 radical (unpaired) electrons. The molecular weight excluding hydrogens is 304 g/mol. The van der Waals surface area contributed by atoms with Crippen LogP contribution in [-0.2, 0) is 11.2 Å². The Labute approximate surface area is 131 Å². The van der Waals surface area contributed by atoms with Crippen LogP contribution in [0.5, 0.6) is 0 Å². The van der Waals surface area contributed by atoms with Crippen LogP contribution in [-0.4, -0.2) is 27.9 Å². The van der Waals surface area contributed by atoms with Crippen molar-refractivity contribution in [3.63, 3.8) is 0 Å². The van der Waals surface area contributed by atoms with E-state index in [2.05, 4.69) is 16.3 Å². The monoisotopic (exact) mass is 320 g/mol. The summed E-state index contributed by atoms with van der Waals surface area (Å²) in [5, 5.41) is 8.08. The minimum Gasteiger partial charge on any atom is -0.374 e. The molecule has 1 aliphatic heterocycles. The summed E-state index contributed by atoms with van der Waals surface area (Å²) in [5.41, 5.74) is 7.88. The van der Waals surface area contributed by atoms with Gasteiger partial charge in [-0.25, -0.2) is 0 Å². The summed E-state index contributed by atoms with van der Waals surface area (Å²) < 4.78 is 0.750. The maximum atomic E-state index is 12.8. The van der Waals surface area contributed by atoms with Crippen LogP contribution in [0, 0.1) is 0 Å².